The van der Waals surface area contributed by atoms with E-state index in [0.29, 0.717) is 18.7 Å². The number of carbonyl (C=O) groups is 2. The summed E-state index contributed by atoms with van der Waals surface area (Å²) in [5, 5.41) is 3.30. The highest BCUT2D eigenvalue weighted by molar-refractivity contribution is 6.39. The number of amides is 2. The van der Waals surface area contributed by atoms with E-state index < -0.39 is 5.91 Å². The molecule has 2 aromatic carbocycles. The second kappa shape index (κ2) is 7.42. The van der Waals surface area contributed by atoms with Gasteiger partial charge in [-0.1, -0.05) is 41.4 Å². The van der Waals surface area contributed by atoms with Crippen molar-refractivity contribution in [2.75, 3.05) is 6.54 Å². The molecule has 130 valence electrons. The molecule has 0 bridgehead atoms. The first-order chi connectivity index (χ1) is 11.9. The molecule has 1 heterocycles. The van der Waals surface area contributed by atoms with Gasteiger partial charge in [0.15, 0.2) is 0 Å². The number of carbonyl (C=O) groups excluding carboxylic acids is 2. The van der Waals surface area contributed by atoms with E-state index in [2.05, 4.69) is 5.32 Å². The van der Waals surface area contributed by atoms with Crippen molar-refractivity contribution in [1.82, 2.24) is 10.2 Å². The van der Waals surface area contributed by atoms with Crippen molar-refractivity contribution in [3.8, 4) is 0 Å². The lowest BCUT2D eigenvalue weighted by atomic mass is 10.2. The number of likely N-dealkylation sites (tertiary alicyclic amines) is 1. The van der Waals surface area contributed by atoms with Crippen LogP contribution in [0.1, 0.15) is 22.3 Å². The third kappa shape index (κ3) is 4.11. The van der Waals surface area contributed by atoms with Crippen LogP contribution < -0.4 is 5.32 Å². The van der Waals surface area contributed by atoms with Gasteiger partial charge in [-0.05, 0) is 29.8 Å². The van der Waals surface area contributed by atoms with Crippen molar-refractivity contribution in [1.29, 1.82) is 0 Å². The average molecular weight is 381 g/mol. The fourth-order valence-corrected chi connectivity index (χ4v) is 3.42. The molecule has 1 atom stereocenters. The van der Waals surface area contributed by atoms with Gasteiger partial charge in [-0.3, -0.25) is 9.59 Å². The Balaban J connectivity index is 1.65. The topological polar surface area (TPSA) is 49.4 Å². The average Bonchev–Trinajstić information content (AvgIpc) is 2.86. The van der Waals surface area contributed by atoms with Gasteiger partial charge < -0.3 is 10.2 Å². The van der Waals surface area contributed by atoms with Gasteiger partial charge in [0, 0.05) is 19.5 Å². The van der Waals surface area contributed by atoms with Gasteiger partial charge in [0.05, 0.1) is 21.7 Å². The first kappa shape index (κ1) is 17.7. The Hall–Kier alpha value is -2.11. The van der Waals surface area contributed by atoms with Crippen LogP contribution in [0.4, 0.5) is 4.39 Å². The van der Waals surface area contributed by atoms with Crippen LogP contribution in [0.15, 0.2) is 42.5 Å². The lowest BCUT2D eigenvalue weighted by Gasteiger charge is -2.17. The highest BCUT2D eigenvalue weighted by Gasteiger charge is 2.31. The van der Waals surface area contributed by atoms with Crippen molar-refractivity contribution in [3.63, 3.8) is 0 Å². The van der Waals surface area contributed by atoms with Gasteiger partial charge in [-0.25, -0.2) is 4.39 Å². The van der Waals surface area contributed by atoms with Gasteiger partial charge in [0.25, 0.3) is 5.91 Å². The molecular formula is C18H15Cl2FN2O2. The molecule has 0 radical (unpaired) electrons. The Bertz CT molecular complexity index is 808. The number of nitrogens with one attached hydrogen (secondary N) is 1. The Labute approximate surface area is 154 Å². The molecule has 0 aliphatic carbocycles. The summed E-state index contributed by atoms with van der Waals surface area (Å²) in [6.45, 7) is 0.652. The van der Waals surface area contributed by atoms with Crippen LogP contribution in [0.2, 0.25) is 10.0 Å². The molecule has 1 unspecified atom stereocenters. The van der Waals surface area contributed by atoms with E-state index in [9.17, 15) is 14.0 Å². The van der Waals surface area contributed by atoms with Crippen molar-refractivity contribution in [2.24, 2.45) is 0 Å². The Morgan fingerprint density at radius 1 is 1.20 bits per heavy atom. The maximum atomic E-state index is 13.3. The number of rotatable bonds is 4. The zero-order valence-corrected chi connectivity index (χ0v) is 14.6. The zero-order valence-electron chi connectivity index (χ0n) is 13.1. The van der Waals surface area contributed by atoms with Gasteiger partial charge in [0.1, 0.15) is 5.82 Å². The third-order valence-electron chi connectivity index (χ3n) is 4.00. The molecule has 0 saturated carbocycles. The second-order valence-corrected chi connectivity index (χ2v) is 6.69. The summed E-state index contributed by atoms with van der Waals surface area (Å²) in [5.41, 5.74) is 0.899. The minimum Gasteiger partial charge on any atom is -0.347 e. The van der Waals surface area contributed by atoms with Crippen LogP contribution in [0, 0.1) is 5.82 Å². The summed E-state index contributed by atoms with van der Waals surface area (Å²) in [5.74, 6) is -0.858. The van der Waals surface area contributed by atoms with Gasteiger partial charge in [0.2, 0.25) is 5.91 Å². The van der Waals surface area contributed by atoms with E-state index in [1.54, 1.807) is 35.2 Å². The lowest BCUT2D eigenvalue weighted by molar-refractivity contribution is -0.128. The molecule has 7 heteroatoms. The zero-order chi connectivity index (χ0) is 18.0. The summed E-state index contributed by atoms with van der Waals surface area (Å²) in [7, 11) is 0. The summed E-state index contributed by atoms with van der Waals surface area (Å²) in [6, 6.07) is 10.6. The third-order valence-corrected chi connectivity index (χ3v) is 4.63. The van der Waals surface area contributed by atoms with Crippen LogP contribution in [-0.2, 0) is 11.3 Å². The normalized spacial score (nSPS) is 17.0. The molecular weight excluding hydrogens is 366 g/mol. The second-order valence-electron chi connectivity index (χ2n) is 5.88. The van der Waals surface area contributed by atoms with Crippen molar-refractivity contribution in [3.05, 3.63) is 69.5 Å². The predicted molar refractivity (Wildman–Crippen MR) is 94.2 cm³/mol. The highest BCUT2D eigenvalue weighted by atomic mass is 35.5. The maximum Gasteiger partial charge on any atom is 0.254 e. The fourth-order valence-electron chi connectivity index (χ4n) is 2.85. The molecule has 1 aliphatic heterocycles. The SMILES string of the molecule is O=C(NC1CC(=O)N(Cc2cccc(F)c2)C1)c1c(Cl)cccc1Cl. The number of hydrogen-bond acceptors (Lipinski definition) is 2. The molecule has 1 N–H and O–H groups in total. The number of halogens is 3. The quantitative estimate of drug-likeness (QED) is 0.879. The van der Waals surface area contributed by atoms with Crippen LogP contribution >= 0.6 is 23.2 Å². The number of benzene rings is 2. The summed E-state index contributed by atoms with van der Waals surface area (Å²) in [6.07, 6.45) is 0.184. The molecule has 0 spiro atoms. The summed E-state index contributed by atoms with van der Waals surface area (Å²) >= 11 is 12.1. The largest absolute Gasteiger partial charge is 0.347 e. The van der Waals surface area contributed by atoms with E-state index in [1.807, 2.05) is 0 Å². The fraction of sp³-hybridized carbons (Fsp3) is 0.222. The van der Waals surface area contributed by atoms with Crippen molar-refractivity contribution < 1.29 is 14.0 Å². The molecule has 3 rings (SSSR count). The molecule has 1 aliphatic rings. The van der Waals surface area contributed by atoms with Crippen molar-refractivity contribution in [2.45, 2.75) is 19.0 Å². The summed E-state index contributed by atoms with van der Waals surface area (Å²) < 4.78 is 13.3. The summed E-state index contributed by atoms with van der Waals surface area (Å²) in [4.78, 5) is 26.1. The molecule has 1 saturated heterocycles. The first-order valence-electron chi connectivity index (χ1n) is 7.71. The van der Waals surface area contributed by atoms with E-state index in [1.165, 1.54) is 12.1 Å². The van der Waals surface area contributed by atoms with Gasteiger partial charge in [-0.15, -0.1) is 0 Å². The van der Waals surface area contributed by atoms with E-state index in [0.717, 1.165) is 0 Å². The van der Waals surface area contributed by atoms with Crippen molar-refractivity contribution >= 4 is 35.0 Å². The van der Waals surface area contributed by atoms with Gasteiger partial charge in [-0.2, -0.15) is 0 Å². The Kier molecular flexibility index (Phi) is 5.25. The lowest BCUT2D eigenvalue weighted by Crippen LogP contribution is -2.37. The van der Waals surface area contributed by atoms with Crippen LogP contribution in [-0.4, -0.2) is 29.3 Å². The molecule has 25 heavy (non-hydrogen) atoms. The van der Waals surface area contributed by atoms with Crippen LogP contribution in [0.3, 0.4) is 0 Å². The Morgan fingerprint density at radius 3 is 2.56 bits per heavy atom. The van der Waals surface area contributed by atoms with E-state index in [4.69, 9.17) is 23.2 Å². The van der Waals surface area contributed by atoms with Gasteiger partial charge >= 0.3 is 0 Å². The van der Waals surface area contributed by atoms with Crippen LogP contribution in [0.25, 0.3) is 0 Å². The molecule has 2 amide bonds. The number of nitrogens with zero attached hydrogens (tertiary/aromatic N) is 1. The predicted octanol–water partition coefficient (Wildman–Crippen LogP) is 3.66. The molecule has 4 nitrogen and oxygen atoms in total. The van der Waals surface area contributed by atoms with Crippen LogP contribution in [0.5, 0.6) is 0 Å². The molecule has 1 fully saturated rings. The standard InChI is InChI=1S/C18H15Cl2FN2O2/c19-14-5-2-6-15(20)17(14)18(25)22-13-8-16(24)23(10-13)9-11-3-1-4-12(21)7-11/h1-7,13H,8-10H2,(H,22,25). The van der Waals surface area contributed by atoms with E-state index >= 15 is 0 Å². The van der Waals surface area contributed by atoms with E-state index in [-0.39, 0.29) is 39.8 Å². The minimum atomic E-state index is -0.416. The molecule has 2 aromatic rings. The highest BCUT2D eigenvalue weighted by Crippen LogP contribution is 2.25. The smallest absolute Gasteiger partial charge is 0.254 e. The maximum absolute atomic E-state index is 13.3. The monoisotopic (exact) mass is 380 g/mol. The molecule has 0 aromatic heterocycles. The first-order valence-corrected chi connectivity index (χ1v) is 8.46. The Morgan fingerprint density at radius 2 is 1.88 bits per heavy atom. The minimum absolute atomic E-state index is 0.0974. The number of hydrogen-bond donors (Lipinski definition) is 1.